The lowest BCUT2D eigenvalue weighted by atomic mass is 10.0. The van der Waals surface area contributed by atoms with Crippen molar-refractivity contribution < 1.29 is 0 Å². The molecule has 0 atom stereocenters. The van der Waals surface area contributed by atoms with Crippen LogP contribution in [0.4, 0.5) is 11.4 Å². The van der Waals surface area contributed by atoms with E-state index in [2.05, 4.69) is 0 Å². The van der Waals surface area contributed by atoms with Gasteiger partial charge in [0.2, 0.25) is 0 Å². The Hall–Kier alpha value is -1.38. The molecule has 82 valence electrons. The quantitative estimate of drug-likeness (QED) is 0.759. The van der Waals surface area contributed by atoms with Crippen molar-refractivity contribution in [2.45, 2.75) is 0 Å². The smallest absolute Gasteiger partial charge is 0.0432 e. The normalized spacial score (nSPS) is 10.4. The van der Waals surface area contributed by atoms with Crippen molar-refractivity contribution in [2.75, 3.05) is 11.5 Å². The van der Waals surface area contributed by atoms with Crippen LogP contribution in [0.25, 0.3) is 11.1 Å². The van der Waals surface area contributed by atoms with Crippen LogP contribution in [0.5, 0.6) is 0 Å². The zero-order valence-corrected chi connectivity index (χ0v) is 9.89. The predicted octanol–water partition coefficient (Wildman–Crippen LogP) is 3.82. The Morgan fingerprint density at radius 1 is 0.812 bits per heavy atom. The fourth-order valence-corrected chi connectivity index (χ4v) is 1.96. The summed E-state index contributed by atoms with van der Waals surface area (Å²) in [5.74, 6) is 0. The molecule has 2 nitrogen and oxygen atoms in total. The number of halogens is 2. The van der Waals surface area contributed by atoms with Gasteiger partial charge in [-0.15, -0.1) is 0 Å². The second-order valence-corrected chi connectivity index (χ2v) is 4.38. The van der Waals surface area contributed by atoms with Gasteiger partial charge in [0.05, 0.1) is 0 Å². The highest BCUT2D eigenvalue weighted by Gasteiger charge is 2.05. The maximum absolute atomic E-state index is 5.94. The van der Waals surface area contributed by atoms with Gasteiger partial charge in [0.15, 0.2) is 0 Å². The van der Waals surface area contributed by atoms with Crippen LogP contribution in [0.15, 0.2) is 36.4 Å². The first kappa shape index (κ1) is 11.1. The lowest BCUT2D eigenvalue weighted by molar-refractivity contribution is 1.60. The van der Waals surface area contributed by atoms with Crippen LogP contribution in [0.1, 0.15) is 0 Å². The van der Waals surface area contributed by atoms with Crippen LogP contribution in [-0.2, 0) is 0 Å². The number of nitrogen functional groups attached to an aromatic ring is 2. The van der Waals surface area contributed by atoms with Gasteiger partial charge in [0.25, 0.3) is 0 Å². The van der Waals surface area contributed by atoms with Crippen molar-refractivity contribution in [3.63, 3.8) is 0 Å². The molecule has 0 amide bonds. The highest BCUT2D eigenvalue weighted by Crippen LogP contribution is 2.31. The second-order valence-electron chi connectivity index (χ2n) is 3.50. The summed E-state index contributed by atoms with van der Waals surface area (Å²) in [7, 11) is 0. The molecular weight excluding hydrogens is 243 g/mol. The Balaban J connectivity index is 2.62. The van der Waals surface area contributed by atoms with Crippen molar-refractivity contribution in [3.05, 3.63) is 46.4 Å². The minimum atomic E-state index is 0.578. The van der Waals surface area contributed by atoms with Gasteiger partial charge in [-0.3, -0.25) is 0 Å². The lowest BCUT2D eigenvalue weighted by Crippen LogP contribution is -1.91. The first-order valence-corrected chi connectivity index (χ1v) is 5.43. The molecule has 0 saturated heterocycles. The largest absolute Gasteiger partial charge is 0.399 e. The van der Waals surface area contributed by atoms with E-state index in [-0.39, 0.29) is 0 Å². The molecule has 2 aromatic rings. The second kappa shape index (κ2) is 4.24. The minimum Gasteiger partial charge on any atom is -0.399 e. The van der Waals surface area contributed by atoms with Gasteiger partial charge >= 0.3 is 0 Å². The van der Waals surface area contributed by atoms with Gasteiger partial charge in [-0.2, -0.15) is 0 Å². The number of rotatable bonds is 1. The summed E-state index contributed by atoms with van der Waals surface area (Å²) in [4.78, 5) is 0. The number of benzene rings is 2. The molecule has 4 heteroatoms. The summed E-state index contributed by atoms with van der Waals surface area (Å²) in [5, 5.41) is 1.21. The van der Waals surface area contributed by atoms with Crippen molar-refractivity contribution in [1.82, 2.24) is 0 Å². The molecule has 0 saturated carbocycles. The Kier molecular flexibility index (Phi) is 2.95. The van der Waals surface area contributed by atoms with E-state index in [1.54, 1.807) is 30.3 Å². The third-order valence-corrected chi connectivity index (χ3v) is 2.70. The van der Waals surface area contributed by atoms with Gasteiger partial charge in [-0.25, -0.2) is 0 Å². The Bertz CT molecular complexity index is 518. The van der Waals surface area contributed by atoms with Crippen LogP contribution >= 0.6 is 23.2 Å². The summed E-state index contributed by atoms with van der Waals surface area (Å²) in [6, 6.07) is 10.6. The third kappa shape index (κ3) is 2.23. The Morgan fingerprint density at radius 2 is 1.56 bits per heavy atom. The number of nitrogens with two attached hydrogens (primary N) is 2. The summed E-state index contributed by atoms with van der Waals surface area (Å²) >= 11 is 11.9. The number of hydrogen-bond donors (Lipinski definition) is 2. The van der Waals surface area contributed by atoms with E-state index in [1.807, 2.05) is 6.07 Å². The molecule has 16 heavy (non-hydrogen) atoms. The first-order chi connectivity index (χ1) is 7.56. The van der Waals surface area contributed by atoms with Crippen molar-refractivity contribution in [1.29, 1.82) is 0 Å². The van der Waals surface area contributed by atoms with E-state index in [1.165, 1.54) is 0 Å². The monoisotopic (exact) mass is 252 g/mol. The highest BCUT2D eigenvalue weighted by molar-refractivity contribution is 6.31. The number of hydrogen-bond acceptors (Lipinski definition) is 2. The fraction of sp³-hybridized carbons (Fsp3) is 0. The van der Waals surface area contributed by atoms with Gasteiger partial charge < -0.3 is 11.5 Å². The van der Waals surface area contributed by atoms with Gasteiger partial charge in [-0.1, -0.05) is 23.2 Å². The molecule has 0 aliphatic rings. The van der Waals surface area contributed by atoms with E-state index in [9.17, 15) is 0 Å². The molecule has 0 aliphatic carbocycles. The lowest BCUT2D eigenvalue weighted by Gasteiger charge is -2.08. The average molecular weight is 253 g/mol. The van der Waals surface area contributed by atoms with Crippen molar-refractivity contribution in [3.8, 4) is 11.1 Å². The minimum absolute atomic E-state index is 0.578. The Morgan fingerprint density at radius 3 is 2.25 bits per heavy atom. The molecule has 0 bridgehead atoms. The van der Waals surface area contributed by atoms with Crippen molar-refractivity contribution in [2.24, 2.45) is 0 Å². The maximum Gasteiger partial charge on any atom is 0.0432 e. The zero-order valence-electron chi connectivity index (χ0n) is 8.37. The summed E-state index contributed by atoms with van der Waals surface area (Å²) in [6.45, 7) is 0. The van der Waals surface area contributed by atoms with Crippen LogP contribution < -0.4 is 11.5 Å². The van der Waals surface area contributed by atoms with Gasteiger partial charge in [0.1, 0.15) is 0 Å². The van der Waals surface area contributed by atoms with E-state index in [0.29, 0.717) is 21.4 Å². The predicted molar refractivity (Wildman–Crippen MR) is 70.7 cm³/mol. The standard InChI is InChI=1S/C12H10Cl2N2/c13-8-1-2-12(16)11(6-8)7-3-9(14)5-10(15)4-7/h1-6H,15-16H2. The molecule has 0 aliphatic heterocycles. The molecule has 0 unspecified atom stereocenters. The molecule has 0 aromatic heterocycles. The van der Waals surface area contributed by atoms with E-state index < -0.39 is 0 Å². The van der Waals surface area contributed by atoms with Crippen LogP contribution in [0.2, 0.25) is 10.0 Å². The van der Waals surface area contributed by atoms with Gasteiger partial charge in [0, 0.05) is 27.0 Å². The average Bonchev–Trinajstić information content (AvgIpc) is 2.20. The molecule has 0 spiro atoms. The zero-order chi connectivity index (χ0) is 11.7. The van der Waals surface area contributed by atoms with E-state index in [0.717, 1.165) is 11.1 Å². The molecule has 4 N–H and O–H groups in total. The molecule has 0 radical (unpaired) electrons. The Labute approximate surface area is 104 Å². The fourth-order valence-electron chi connectivity index (χ4n) is 1.55. The van der Waals surface area contributed by atoms with Crippen LogP contribution in [0.3, 0.4) is 0 Å². The SMILES string of the molecule is Nc1cc(Cl)cc(-c2cc(Cl)ccc2N)c1. The summed E-state index contributed by atoms with van der Waals surface area (Å²) < 4.78 is 0. The third-order valence-electron chi connectivity index (χ3n) is 2.25. The molecule has 2 aromatic carbocycles. The van der Waals surface area contributed by atoms with E-state index >= 15 is 0 Å². The highest BCUT2D eigenvalue weighted by atomic mass is 35.5. The molecule has 0 fully saturated rings. The first-order valence-electron chi connectivity index (χ1n) is 4.68. The molecular formula is C12H10Cl2N2. The summed E-state index contributed by atoms with van der Waals surface area (Å²) in [6.07, 6.45) is 0. The van der Waals surface area contributed by atoms with Crippen molar-refractivity contribution >= 4 is 34.6 Å². The van der Waals surface area contributed by atoms with Gasteiger partial charge in [-0.05, 0) is 42.0 Å². The van der Waals surface area contributed by atoms with E-state index in [4.69, 9.17) is 34.7 Å². The number of anilines is 2. The molecule has 2 rings (SSSR count). The van der Waals surface area contributed by atoms with Crippen LogP contribution in [0, 0.1) is 0 Å². The van der Waals surface area contributed by atoms with Crippen LogP contribution in [-0.4, -0.2) is 0 Å². The maximum atomic E-state index is 5.94. The topological polar surface area (TPSA) is 52.0 Å². The molecule has 0 heterocycles. The summed E-state index contributed by atoms with van der Waals surface area (Å²) in [5.41, 5.74) is 14.5.